The van der Waals surface area contributed by atoms with Gasteiger partial charge in [0.2, 0.25) is 0 Å². The molecule has 9 heteroatoms. The molecule has 1 fully saturated rings. The third-order valence-electron chi connectivity index (χ3n) is 6.07. The molecule has 1 aliphatic heterocycles. The maximum atomic E-state index is 13.4. The second kappa shape index (κ2) is 8.74. The van der Waals surface area contributed by atoms with Crippen molar-refractivity contribution in [1.29, 1.82) is 0 Å². The van der Waals surface area contributed by atoms with E-state index in [1.54, 1.807) is 48.2 Å². The highest BCUT2D eigenvalue weighted by Gasteiger charge is 2.26. The first-order valence-corrected chi connectivity index (χ1v) is 11.1. The van der Waals surface area contributed by atoms with Gasteiger partial charge in [-0.1, -0.05) is 0 Å². The molecule has 0 bridgehead atoms. The second-order valence-electron chi connectivity index (χ2n) is 8.27. The van der Waals surface area contributed by atoms with Crippen molar-refractivity contribution in [2.24, 2.45) is 0 Å². The Balaban J connectivity index is 1.41. The van der Waals surface area contributed by atoms with Crippen molar-refractivity contribution in [2.75, 3.05) is 38.2 Å². The number of amides is 1. The van der Waals surface area contributed by atoms with Gasteiger partial charge in [0.1, 0.15) is 23.2 Å². The lowest BCUT2D eigenvalue weighted by Crippen LogP contribution is -2.49. The molecule has 5 rings (SSSR count). The normalized spacial score (nSPS) is 14.0. The van der Waals surface area contributed by atoms with Crippen LogP contribution in [0.4, 0.5) is 10.2 Å². The van der Waals surface area contributed by atoms with Crippen LogP contribution in [-0.2, 0) is 0 Å². The van der Waals surface area contributed by atoms with Gasteiger partial charge in [0.15, 0.2) is 5.65 Å². The van der Waals surface area contributed by atoms with Crippen LogP contribution in [0.15, 0.2) is 48.5 Å². The van der Waals surface area contributed by atoms with Crippen LogP contribution < -0.4 is 9.64 Å². The summed E-state index contributed by atoms with van der Waals surface area (Å²) in [5, 5.41) is 5.54. The molecule has 2 aromatic heterocycles. The number of aromatic nitrogens is 4. The van der Waals surface area contributed by atoms with Gasteiger partial charge in [-0.2, -0.15) is 5.10 Å². The van der Waals surface area contributed by atoms with E-state index in [-0.39, 0.29) is 11.7 Å². The average molecular weight is 461 g/mol. The molecule has 0 radical (unpaired) electrons. The van der Waals surface area contributed by atoms with E-state index in [1.165, 1.54) is 12.1 Å². The first-order chi connectivity index (χ1) is 16.4. The minimum absolute atomic E-state index is 0.00614. The molecule has 0 unspecified atom stereocenters. The molecule has 3 heterocycles. The molecule has 4 aromatic rings. The number of methoxy groups -OCH3 is 1. The third kappa shape index (κ3) is 3.93. The highest BCUT2D eigenvalue weighted by molar-refractivity contribution is 5.95. The summed E-state index contributed by atoms with van der Waals surface area (Å²) in [6.45, 7) is 6.24. The summed E-state index contributed by atoms with van der Waals surface area (Å²) >= 11 is 0. The van der Waals surface area contributed by atoms with E-state index >= 15 is 0 Å². The third-order valence-corrected chi connectivity index (χ3v) is 6.07. The molecule has 0 saturated carbocycles. The van der Waals surface area contributed by atoms with Crippen LogP contribution in [-0.4, -0.2) is 63.8 Å². The largest absolute Gasteiger partial charge is 0.497 e. The van der Waals surface area contributed by atoms with Crippen molar-refractivity contribution in [3.05, 3.63) is 71.4 Å². The summed E-state index contributed by atoms with van der Waals surface area (Å²) in [6, 6.07) is 13.4. The zero-order chi connectivity index (χ0) is 23.8. The van der Waals surface area contributed by atoms with Crippen molar-refractivity contribution in [3.8, 4) is 11.4 Å². The zero-order valence-electron chi connectivity index (χ0n) is 19.3. The number of aryl methyl sites for hydroxylation is 2. The summed E-state index contributed by atoms with van der Waals surface area (Å²) < 4.78 is 20.3. The number of anilines is 1. The number of rotatable bonds is 4. The SMILES string of the molecule is COc1ccc(C(=O)N2CCN(c3nc(C)nc4c3c(C)nn4-c3ccc(F)cc3)CC2)cc1. The van der Waals surface area contributed by atoms with E-state index in [2.05, 4.69) is 15.0 Å². The first-order valence-electron chi connectivity index (χ1n) is 11.1. The molecule has 1 saturated heterocycles. The number of halogens is 1. The van der Waals surface area contributed by atoms with Crippen molar-refractivity contribution >= 4 is 22.8 Å². The quantitative estimate of drug-likeness (QED) is 0.464. The Morgan fingerprint density at radius 1 is 0.941 bits per heavy atom. The number of fused-ring (bicyclic) bond motifs is 1. The number of hydrogen-bond acceptors (Lipinski definition) is 6. The van der Waals surface area contributed by atoms with Gasteiger partial charge >= 0.3 is 0 Å². The molecular formula is C25H25FN6O2. The van der Waals surface area contributed by atoms with Crippen molar-refractivity contribution in [2.45, 2.75) is 13.8 Å². The van der Waals surface area contributed by atoms with Crippen LogP contribution in [0.2, 0.25) is 0 Å². The fourth-order valence-electron chi connectivity index (χ4n) is 4.30. The first kappa shape index (κ1) is 21.8. The molecule has 0 atom stereocenters. The van der Waals surface area contributed by atoms with E-state index in [9.17, 15) is 9.18 Å². The monoisotopic (exact) mass is 460 g/mol. The molecule has 0 spiro atoms. The molecule has 8 nitrogen and oxygen atoms in total. The van der Waals surface area contributed by atoms with E-state index < -0.39 is 0 Å². The number of carbonyl (C=O) groups excluding carboxylic acids is 1. The Morgan fingerprint density at radius 3 is 2.26 bits per heavy atom. The molecule has 0 N–H and O–H groups in total. The molecular weight excluding hydrogens is 435 g/mol. The average Bonchev–Trinajstić information content (AvgIpc) is 3.19. The zero-order valence-corrected chi connectivity index (χ0v) is 19.3. The predicted octanol–water partition coefficient (Wildman–Crippen LogP) is 3.54. The molecule has 0 aliphatic carbocycles. The van der Waals surface area contributed by atoms with E-state index in [4.69, 9.17) is 9.72 Å². The molecule has 174 valence electrons. The van der Waals surface area contributed by atoms with E-state index in [1.807, 2.05) is 18.7 Å². The van der Waals surface area contributed by atoms with Crippen LogP contribution in [0, 0.1) is 19.7 Å². The summed E-state index contributed by atoms with van der Waals surface area (Å²) in [4.78, 5) is 26.4. The van der Waals surface area contributed by atoms with Gasteiger partial charge in [0.05, 0.1) is 23.9 Å². The van der Waals surface area contributed by atoms with Crippen molar-refractivity contribution in [1.82, 2.24) is 24.6 Å². The molecule has 2 aromatic carbocycles. The smallest absolute Gasteiger partial charge is 0.253 e. The lowest BCUT2D eigenvalue weighted by molar-refractivity contribution is 0.0746. The van der Waals surface area contributed by atoms with Gasteiger partial charge in [-0.3, -0.25) is 4.79 Å². The van der Waals surface area contributed by atoms with Crippen LogP contribution in [0.3, 0.4) is 0 Å². The number of carbonyl (C=O) groups is 1. The minimum Gasteiger partial charge on any atom is -0.497 e. The number of benzene rings is 2. The van der Waals surface area contributed by atoms with Gasteiger partial charge in [-0.15, -0.1) is 0 Å². The fourth-order valence-corrected chi connectivity index (χ4v) is 4.30. The Labute approximate surface area is 196 Å². The van der Waals surface area contributed by atoms with Crippen molar-refractivity contribution < 1.29 is 13.9 Å². The van der Waals surface area contributed by atoms with Gasteiger partial charge in [-0.05, 0) is 62.4 Å². The lowest BCUT2D eigenvalue weighted by atomic mass is 10.1. The Kier molecular flexibility index (Phi) is 5.61. The standard InChI is InChI=1S/C25H25FN6O2/c1-16-22-23(27-17(2)28-24(22)32(29-16)20-8-6-19(26)7-9-20)30-12-14-31(15-13-30)25(33)18-4-10-21(34-3)11-5-18/h4-11H,12-15H2,1-3H3. The second-order valence-corrected chi connectivity index (χ2v) is 8.27. The van der Waals surface area contributed by atoms with E-state index in [0.29, 0.717) is 43.2 Å². The number of nitrogens with zero attached hydrogens (tertiary/aromatic N) is 6. The fraction of sp³-hybridized carbons (Fsp3) is 0.280. The topological polar surface area (TPSA) is 76.4 Å². The molecule has 1 amide bonds. The summed E-state index contributed by atoms with van der Waals surface area (Å²) in [7, 11) is 1.60. The number of ether oxygens (including phenoxy) is 1. The van der Waals surface area contributed by atoms with Gasteiger partial charge in [0, 0.05) is 31.7 Å². The molecule has 34 heavy (non-hydrogen) atoms. The van der Waals surface area contributed by atoms with Crippen LogP contribution in [0.5, 0.6) is 5.75 Å². The number of piperazine rings is 1. The van der Waals surface area contributed by atoms with Crippen molar-refractivity contribution in [3.63, 3.8) is 0 Å². The van der Waals surface area contributed by atoms with Gasteiger partial charge in [-0.25, -0.2) is 19.0 Å². The van der Waals surface area contributed by atoms with Crippen LogP contribution in [0.25, 0.3) is 16.7 Å². The van der Waals surface area contributed by atoms with Gasteiger partial charge in [0.25, 0.3) is 5.91 Å². The summed E-state index contributed by atoms with van der Waals surface area (Å²) in [5.41, 5.74) is 2.86. The van der Waals surface area contributed by atoms with E-state index in [0.717, 1.165) is 28.3 Å². The predicted molar refractivity (Wildman–Crippen MR) is 127 cm³/mol. The minimum atomic E-state index is -0.300. The van der Waals surface area contributed by atoms with Gasteiger partial charge < -0.3 is 14.5 Å². The summed E-state index contributed by atoms with van der Waals surface area (Å²) in [6.07, 6.45) is 0. The highest BCUT2D eigenvalue weighted by atomic mass is 19.1. The van der Waals surface area contributed by atoms with Crippen LogP contribution in [0.1, 0.15) is 21.9 Å². The summed E-state index contributed by atoms with van der Waals surface area (Å²) in [5.74, 6) is 1.87. The lowest BCUT2D eigenvalue weighted by Gasteiger charge is -2.35. The van der Waals surface area contributed by atoms with Crippen LogP contribution >= 0.6 is 0 Å². The number of hydrogen-bond donors (Lipinski definition) is 0. The Morgan fingerprint density at radius 2 is 1.62 bits per heavy atom. The maximum Gasteiger partial charge on any atom is 0.253 e. The maximum absolute atomic E-state index is 13.4. The Bertz CT molecular complexity index is 1340. The molecule has 1 aliphatic rings. The Hall–Kier alpha value is -4.01. The highest BCUT2D eigenvalue weighted by Crippen LogP contribution is 2.29.